The summed E-state index contributed by atoms with van der Waals surface area (Å²) >= 11 is 0. The predicted molar refractivity (Wildman–Crippen MR) is 246 cm³/mol. The number of fused-ring (bicyclic) bond motifs is 1. The van der Waals surface area contributed by atoms with E-state index >= 15 is 0 Å². The molecule has 4 aliphatic rings. The molecular weight excluding hydrogens is 871 g/mol. The van der Waals surface area contributed by atoms with Crippen LogP contribution in [0.25, 0.3) is 6.08 Å². The molecule has 17 heteroatoms. The van der Waals surface area contributed by atoms with E-state index in [9.17, 15) is 29.7 Å². The van der Waals surface area contributed by atoms with Crippen LogP contribution in [0.15, 0.2) is 36.4 Å². The van der Waals surface area contributed by atoms with Crippen molar-refractivity contribution in [2.75, 3.05) is 35.1 Å². The minimum atomic E-state index is -2.01. The van der Waals surface area contributed by atoms with Crippen LogP contribution in [0.5, 0.6) is 11.5 Å². The fraction of sp³-hybridized carbons (Fsp3) is 0.740. The Balaban J connectivity index is 1.57. The lowest BCUT2D eigenvalue weighted by atomic mass is 9.74. The van der Waals surface area contributed by atoms with Gasteiger partial charge in [-0.25, -0.2) is 4.79 Å². The standard InChI is InChI=1S/C50H77NO16/c1-15-37-50(10,57)43(54)29(4)40(53)27(2)24-49(9,59-14)45(30(5)41(31(6)46(56)64-37)66-39-25-48(8,58-13)44(55)32(7)63-39)67-47-42(34(51(11)12)22-28(3)62-47)65-38(52)19-17-16-18-33-20-21-35-36(23-33)61-26-60-35/h16-21,23,27-32,34,37,39,41-45,47,54-55,57H,15,22,24-26H2,1-14H3/b18-16+,19-17+/t27-,28-,29+,30+,31-,32+,34+,37-,39+,41+,42?,43-,44+,45-,47+,48-,49-,50-/m1/s1. The molecule has 3 fully saturated rings. The molecule has 3 N–H and O–H groups in total. The molecule has 17 nitrogen and oxygen atoms in total. The Labute approximate surface area is 396 Å². The molecule has 378 valence electrons. The summed E-state index contributed by atoms with van der Waals surface area (Å²) in [5.74, 6) is -4.18. The molecule has 1 aromatic carbocycles. The fourth-order valence-corrected chi connectivity index (χ4v) is 10.2. The van der Waals surface area contributed by atoms with Crippen LogP contribution in [-0.4, -0.2) is 157 Å². The maximum absolute atomic E-state index is 14.5. The lowest BCUT2D eigenvalue weighted by molar-refractivity contribution is -0.320. The van der Waals surface area contributed by atoms with Crippen LogP contribution in [0.3, 0.4) is 0 Å². The highest BCUT2D eigenvalue weighted by Crippen LogP contribution is 2.42. The normalized spacial score (nSPS) is 41.4. The number of hydrogen-bond donors (Lipinski definition) is 3. The third-order valence-corrected chi connectivity index (χ3v) is 14.5. The van der Waals surface area contributed by atoms with Crippen molar-refractivity contribution in [3.8, 4) is 11.5 Å². The Kier molecular flexibility index (Phi) is 18.3. The first-order valence-corrected chi connectivity index (χ1v) is 23.6. The highest BCUT2D eigenvalue weighted by molar-refractivity contribution is 5.84. The summed E-state index contributed by atoms with van der Waals surface area (Å²) in [5, 5.41) is 34.5. The number of allylic oxidation sites excluding steroid dienone is 2. The number of carbonyl (C=O) groups is 3. The monoisotopic (exact) mass is 948 g/mol. The van der Waals surface area contributed by atoms with Crippen molar-refractivity contribution in [1.82, 2.24) is 4.90 Å². The van der Waals surface area contributed by atoms with Gasteiger partial charge < -0.3 is 67.6 Å². The van der Waals surface area contributed by atoms with E-state index in [4.69, 9.17) is 47.4 Å². The summed E-state index contributed by atoms with van der Waals surface area (Å²) in [5.41, 5.74) is -3.60. The zero-order chi connectivity index (χ0) is 49.8. The molecule has 4 aliphatic heterocycles. The van der Waals surface area contributed by atoms with Gasteiger partial charge in [-0.2, -0.15) is 0 Å². The number of carbonyl (C=O) groups excluding carboxylic acids is 3. The van der Waals surface area contributed by atoms with Crippen molar-refractivity contribution in [2.45, 2.75) is 179 Å². The first kappa shape index (κ1) is 54.5. The van der Waals surface area contributed by atoms with Gasteiger partial charge in [-0.05, 0) is 92.6 Å². The summed E-state index contributed by atoms with van der Waals surface area (Å²) < 4.78 is 62.2. The van der Waals surface area contributed by atoms with Gasteiger partial charge in [0.15, 0.2) is 30.2 Å². The lowest BCUT2D eigenvalue weighted by Crippen LogP contribution is -2.62. The van der Waals surface area contributed by atoms with Crippen LogP contribution in [0.4, 0.5) is 0 Å². The van der Waals surface area contributed by atoms with Crippen LogP contribution < -0.4 is 9.47 Å². The quantitative estimate of drug-likeness (QED) is 0.143. The number of benzene rings is 1. The van der Waals surface area contributed by atoms with Gasteiger partial charge in [0, 0.05) is 44.5 Å². The Hall–Kier alpha value is -3.49. The zero-order valence-corrected chi connectivity index (χ0v) is 41.8. The van der Waals surface area contributed by atoms with Gasteiger partial charge >= 0.3 is 11.9 Å². The number of Topliss-reactive ketones (excluding diaryl/α,β-unsaturated/α-hetero) is 1. The molecule has 0 saturated carbocycles. The number of rotatable bonds is 12. The van der Waals surface area contributed by atoms with E-state index in [2.05, 4.69) is 0 Å². The van der Waals surface area contributed by atoms with Crippen LogP contribution >= 0.6 is 0 Å². The van der Waals surface area contributed by atoms with Crippen molar-refractivity contribution in [1.29, 1.82) is 0 Å². The van der Waals surface area contributed by atoms with Gasteiger partial charge in [-0.3, -0.25) is 9.59 Å². The molecule has 1 aromatic rings. The van der Waals surface area contributed by atoms with E-state index in [1.807, 2.05) is 57.1 Å². The van der Waals surface area contributed by atoms with Gasteiger partial charge in [0.1, 0.15) is 23.6 Å². The molecule has 0 aliphatic carbocycles. The van der Waals surface area contributed by atoms with E-state index in [1.165, 1.54) is 27.2 Å². The summed E-state index contributed by atoms with van der Waals surface area (Å²) in [6.45, 7) is 17.1. The lowest BCUT2D eigenvalue weighted by Gasteiger charge is -2.50. The number of nitrogens with zero attached hydrogens (tertiary/aromatic N) is 1. The van der Waals surface area contributed by atoms with Gasteiger partial charge in [-0.15, -0.1) is 0 Å². The fourth-order valence-electron chi connectivity index (χ4n) is 10.2. The maximum Gasteiger partial charge on any atom is 0.331 e. The molecule has 1 unspecified atom stereocenters. The molecule has 0 aromatic heterocycles. The zero-order valence-electron chi connectivity index (χ0n) is 41.8. The number of esters is 2. The second-order valence-corrected chi connectivity index (χ2v) is 19.9. The molecule has 0 bridgehead atoms. The number of hydrogen-bond acceptors (Lipinski definition) is 17. The number of ether oxygens (including phenoxy) is 10. The Morgan fingerprint density at radius 1 is 0.866 bits per heavy atom. The summed E-state index contributed by atoms with van der Waals surface area (Å²) in [6, 6.07) is 5.15. The SMILES string of the molecule is CC[C@H]1OC(=O)[C@H](C)[C@@H](O[C@H]2C[C@@](C)(OC)[C@@H](O)[C@H](C)O2)[C@H](C)[C@@H](O[C@@H]2O[C@H](C)C[C@H](N(C)C)C2OC(=O)/C=C/C=C/c2ccc3c(c2)OCO3)[C@](C)(OC)C[C@@H](C)C(=O)[C@H](C)[C@@H](O)[C@]1(C)O. The Morgan fingerprint density at radius 2 is 1.54 bits per heavy atom. The highest BCUT2D eigenvalue weighted by Gasteiger charge is 2.54. The van der Waals surface area contributed by atoms with Gasteiger partial charge in [0.25, 0.3) is 0 Å². The van der Waals surface area contributed by atoms with Crippen LogP contribution in [0.1, 0.15) is 100 Å². The molecule has 0 amide bonds. The van der Waals surface area contributed by atoms with Crippen LogP contribution in [-0.2, 0) is 52.3 Å². The number of likely N-dealkylation sites (N-methyl/N-ethyl adjacent to an activating group) is 1. The highest BCUT2D eigenvalue weighted by atomic mass is 16.7. The van der Waals surface area contributed by atoms with E-state index < -0.39 is 108 Å². The third-order valence-electron chi connectivity index (χ3n) is 14.5. The summed E-state index contributed by atoms with van der Waals surface area (Å²) in [4.78, 5) is 44.4. The van der Waals surface area contributed by atoms with E-state index in [0.717, 1.165) is 5.56 Å². The first-order chi connectivity index (χ1) is 31.4. The van der Waals surface area contributed by atoms with Gasteiger partial charge in [0.05, 0.1) is 53.7 Å². The molecule has 0 spiro atoms. The predicted octanol–water partition coefficient (Wildman–Crippen LogP) is 4.99. The van der Waals surface area contributed by atoms with Crippen molar-refractivity contribution >= 4 is 23.8 Å². The number of aliphatic hydroxyl groups excluding tert-OH is 2. The molecule has 18 atom stereocenters. The largest absolute Gasteiger partial charge is 0.459 e. The molecule has 4 heterocycles. The molecular formula is C50H77NO16. The smallest absolute Gasteiger partial charge is 0.331 e. The minimum absolute atomic E-state index is 0.0481. The van der Waals surface area contributed by atoms with Crippen LogP contribution in [0, 0.1) is 23.7 Å². The molecule has 0 radical (unpaired) electrons. The Morgan fingerprint density at radius 3 is 2.18 bits per heavy atom. The third kappa shape index (κ3) is 12.3. The summed E-state index contributed by atoms with van der Waals surface area (Å²) in [7, 11) is 6.75. The second kappa shape index (κ2) is 22.5. The molecule has 5 rings (SSSR count). The second-order valence-electron chi connectivity index (χ2n) is 19.9. The summed E-state index contributed by atoms with van der Waals surface area (Å²) in [6.07, 6.45) is -3.11. The van der Waals surface area contributed by atoms with E-state index in [-0.39, 0.29) is 44.0 Å². The van der Waals surface area contributed by atoms with Crippen molar-refractivity contribution in [3.05, 3.63) is 42.0 Å². The number of cyclic esters (lactones) is 1. The van der Waals surface area contributed by atoms with Gasteiger partial charge in [-0.1, -0.05) is 52.0 Å². The average molecular weight is 948 g/mol. The first-order valence-electron chi connectivity index (χ1n) is 23.6. The maximum atomic E-state index is 14.5. The Bertz CT molecular complexity index is 1910. The van der Waals surface area contributed by atoms with E-state index in [0.29, 0.717) is 17.9 Å². The number of ketones is 1. The number of aliphatic hydroxyl groups is 3. The topological polar surface area (TPSA) is 207 Å². The number of methoxy groups -OCH3 is 2. The molecule has 3 saturated heterocycles. The van der Waals surface area contributed by atoms with Crippen molar-refractivity contribution < 1.29 is 77.1 Å². The van der Waals surface area contributed by atoms with E-state index in [1.54, 1.807) is 60.6 Å². The van der Waals surface area contributed by atoms with Gasteiger partial charge in [0.2, 0.25) is 6.79 Å². The average Bonchev–Trinajstić information content (AvgIpc) is 3.76. The van der Waals surface area contributed by atoms with Crippen molar-refractivity contribution in [2.24, 2.45) is 23.7 Å². The minimum Gasteiger partial charge on any atom is -0.459 e. The van der Waals surface area contributed by atoms with Crippen molar-refractivity contribution in [3.63, 3.8) is 0 Å². The molecule has 67 heavy (non-hydrogen) atoms. The van der Waals surface area contributed by atoms with Crippen LogP contribution in [0.2, 0.25) is 0 Å².